The normalized spacial score (nSPS) is 12.2. The summed E-state index contributed by atoms with van der Waals surface area (Å²) in [5, 5.41) is 7.99. The molecular weight excluding hydrogens is 436 g/mol. The van der Waals surface area contributed by atoms with Crippen molar-refractivity contribution in [1.82, 2.24) is 0 Å². The minimum absolute atomic E-state index is 0.129. The molecule has 170 valence electrons. The second-order valence-electron chi connectivity index (χ2n) is 7.65. The molecule has 0 atom stereocenters. The summed E-state index contributed by atoms with van der Waals surface area (Å²) in [4.78, 5) is 61.9. The highest BCUT2D eigenvalue weighted by Gasteiger charge is 2.37. The first-order chi connectivity index (χ1) is 16.2. The first kappa shape index (κ1) is 22.4. The fourth-order valence-electron chi connectivity index (χ4n) is 3.56. The van der Waals surface area contributed by atoms with Crippen LogP contribution in [0.3, 0.4) is 0 Å². The lowest BCUT2D eigenvalue weighted by atomic mass is 10.1. The minimum Gasteiger partial charge on any atom is -0.326 e. The van der Waals surface area contributed by atoms with Crippen molar-refractivity contribution in [3.63, 3.8) is 0 Å². The molecule has 3 aromatic carbocycles. The van der Waals surface area contributed by atoms with Crippen LogP contribution in [0.2, 0.25) is 0 Å². The molecule has 0 aromatic heterocycles. The van der Waals surface area contributed by atoms with Crippen LogP contribution in [-0.2, 0) is 9.59 Å². The molecule has 0 saturated carbocycles. The number of carbonyl (C=O) groups excluding carboxylic acids is 5. The van der Waals surface area contributed by atoms with Crippen molar-refractivity contribution >= 4 is 52.3 Å². The number of anilines is 4. The Morgan fingerprint density at radius 1 is 0.618 bits per heavy atom. The van der Waals surface area contributed by atoms with E-state index in [0.717, 1.165) is 4.90 Å². The predicted octanol–water partition coefficient (Wildman–Crippen LogP) is 3.66. The van der Waals surface area contributed by atoms with E-state index in [9.17, 15) is 24.0 Å². The average Bonchev–Trinajstić information content (AvgIpc) is 3.04. The minimum atomic E-state index is -0.540. The lowest BCUT2D eigenvalue weighted by Gasteiger charge is -2.14. The van der Waals surface area contributed by atoms with Crippen LogP contribution in [0.1, 0.15) is 44.9 Å². The summed E-state index contributed by atoms with van der Waals surface area (Å²) in [5.74, 6) is -1.92. The molecule has 0 unspecified atom stereocenters. The standard InChI is InChI=1S/C25H20N4O5/c1-14(30)26-17-4-6-19(7-5-17)28-23(32)16-3-12-21-22(13-16)25(34)29(24(21)33)20-10-8-18(9-11-20)27-15(2)31/h3-13H,1-2H3,(H,26,30)(H,27,31)(H,28,32). The molecule has 9 nitrogen and oxygen atoms in total. The lowest BCUT2D eigenvalue weighted by Crippen LogP contribution is -2.29. The van der Waals surface area contributed by atoms with Gasteiger partial charge in [0.05, 0.1) is 16.8 Å². The Balaban J connectivity index is 1.52. The van der Waals surface area contributed by atoms with E-state index in [2.05, 4.69) is 16.0 Å². The molecule has 1 aliphatic rings. The van der Waals surface area contributed by atoms with Crippen molar-refractivity contribution in [2.45, 2.75) is 13.8 Å². The van der Waals surface area contributed by atoms with Crippen LogP contribution in [0, 0.1) is 0 Å². The van der Waals surface area contributed by atoms with Crippen molar-refractivity contribution in [3.8, 4) is 0 Å². The van der Waals surface area contributed by atoms with E-state index in [0.29, 0.717) is 22.7 Å². The van der Waals surface area contributed by atoms with Gasteiger partial charge in [-0.05, 0) is 66.7 Å². The van der Waals surface area contributed by atoms with Crippen molar-refractivity contribution in [3.05, 3.63) is 83.4 Å². The number of fused-ring (bicyclic) bond motifs is 1. The number of hydrogen-bond donors (Lipinski definition) is 3. The zero-order chi connectivity index (χ0) is 24.4. The summed E-state index contributed by atoms with van der Waals surface area (Å²) in [7, 11) is 0. The number of amides is 5. The van der Waals surface area contributed by atoms with Gasteiger partial charge >= 0.3 is 0 Å². The maximum Gasteiger partial charge on any atom is 0.266 e. The summed E-state index contributed by atoms with van der Waals surface area (Å²) < 4.78 is 0. The number of nitrogens with zero attached hydrogens (tertiary/aromatic N) is 1. The zero-order valence-electron chi connectivity index (χ0n) is 18.3. The van der Waals surface area contributed by atoms with Crippen molar-refractivity contribution in [2.75, 3.05) is 20.9 Å². The lowest BCUT2D eigenvalue weighted by molar-refractivity contribution is -0.115. The Kier molecular flexibility index (Phi) is 5.92. The van der Waals surface area contributed by atoms with Gasteiger partial charge in [0.25, 0.3) is 17.7 Å². The van der Waals surface area contributed by atoms with Gasteiger partial charge in [0.1, 0.15) is 0 Å². The Morgan fingerprint density at radius 2 is 1.09 bits per heavy atom. The van der Waals surface area contributed by atoms with Crippen LogP contribution in [0.4, 0.5) is 22.7 Å². The molecule has 0 aliphatic carbocycles. The van der Waals surface area contributed by atoms with Crippen LogP contribution in [0.5, 0.6) is 0 Å². The maximum absolute atomic E-state index is 13.0. The van der Waals surface area contributed by atoms with E-state index < -0.39 is 17.7 Å². The van der Waals surface area contributed by atoms with Crippen molar-refractivity contribution in [2.24, 2.45) is 0 Å². The molecule has 1 aliphatic heterocycles. The van der Waals surface area contributed by atoms with Gasteiger partial charge in [-0.1, -0.05) is 0 Å². The second kappa shape index (κ2) is 8.99. The summed E-state index contributed by atoms with van der Waals surface area (Å²) in [6, 6.07) is 17.2. The van der Waals surface area contributed by atoms with Crippen LogP contribution < -0.4 is 20.9 Å². The fraction of sp³-hybridized carbons (Fsp3) is 0.0800. The molecular formula is C25H20N4O5. The summed E-state index contributed by atoms with van der Waals surface area (Å²) >= 11 is 0. The molecule has 0 spiro atoms. The predicted molar refractivity (Wildman–Crippen MR) is 127 cm³/mol. The number of nitrogens with one attached hydrogen (secondary N) is 3. The average molecular weight is 456 g/mol. The first-order valence-electron chi connectivity index (χ1n) is 10.3. The highest BCUT2D eigenvalue weighted by molar-refractivity contribution is 6.34. The quantitative estimate of drug-likeness (QED) is 0.506. The van der Waals surface area contributed by atoms with Gasteiger partial charge in [0.15, 0.2) is 0 Å². The SMILES string of the molecule is CC(=O)Nc1ccc(NC(=O)c2ccc3c(c2)C(=O)N(c2ccc(NC(C)=O)cc2)C3=O)cc1. The van der Waals surface area contributed by atoms with Gasteiger partial charge in [-0.25, -0.2) is 4.90 Å². The smallest absolute Gasteiger partial charge is 0.266 e. The third-order valence-corrected chi connectivity index (χ3v) is 5.06. The van der Waals surface area contributed by atoms with Crippen molar-refractivity contribution < 1.29 is 24.0 Å². The molecule has 34 heavy (non-hydrogen) atoms. The Bertz CT molecular complexity index is 1330. The number of carbonyl (C=O) groups is 5. The highest BCUT2D eigenvalue weighted by atomic mass is 16.2. The summed E-state index contributed by atoms with van der Waals surface area (Å²) in [5.41, 5.74) is 2.54. The second-order valence-corrected chi connectivity index (χ2v) is 7.65. The molecule has 4 rings (SSSR count). The molecule has 0 radical (unpaired) electrons. The number of imide groups is 1. The molecule has 3 aromatic rings. The topological polar surface area (TPSA) is 125 Å². The van der Waals surface area contributed by atoms with E-state index in [1.54, 1.807) is 48.5 Å². The van der Waals surface area contributed by atoms with Gasteiger partial charge in [0.2, 0.25) is 11.8 Å². The van der Waals surface area contributed by atoms with Crippen LogP contribution >= 0.6 is 0 Å². The largest absolute Gasteiger partial charge is 0.326 e. The summed E-state index contributed by atoms with van der Waals surface area (Å²) in [6.07, 6.45) is 0. The van der Waals surface area contributed by atoms with E-state index >= 15 is 0 Å². The third-order valence-electron chi connectivity index (χ3n) is 5.06. The van der Waals surface area contributed by atoms with Gasteiger partial charge in [-0.3, -0.25) is 24.0 Å². The van der Waals surface area contributed by atoms with E-state index in [1.165, 1.54) is 32.0 Å². The maximum atomic E-state index is 13.0. The molecule has 3 N–H and O–H groups in total. The summed E-state index contributed by atoms with van der Waals surface area (Å²) in [6.45, 7) is 2.78. The van der Waals surface area contributed by atoms with Gasteiger partial charge in [-0.15, -0.1) is 0 Å². The molecule has 0 fully saturated rings. The van der Waals surface area contributed by atoms with Crippen molar-refractivity contribution in [1.29, 1.82) is 0 Å². The van der Waals surface area contributed by atoms with Gasteiger partial charge in [-0.2, -0.15) is 0 Å². The van der Waals surface area contributed by atoms with Crippen LogP contribution in [-0.4, -0.2) is 29.5 Å². The number of rotatable bonds is 5. The van der Waals surface area contributed by atoms with E-state index in [1.807, 2.05) is 0 Å². The molecule has 1 heterocycles. The Hall–Kier alpha value is -4.79. The first-order valence-corrected chi connectivity index (χ1v) is 10.3. The van der Waals surface area contributed by atoms with Gasteiger partial charge in [0, 0.05) is 36.5 Å². The Labute approximate surface area is 194 Å². The highest BCUT2D eigenvalue weighted by Crippen LogP contribution is 2.30. The van der Waals surface area contributed by atoms with E-state index in [-0.39, 0.29) is 28.5 Å². The monoisotopic (exact) mass is 456 g/mol. The van der Waals surface area contributed by atoms with Crippen LogP contribution in [0.15, 0.2) is 66.7 Å². The van der Waals surface area contributed by atoms with Gasteiger partial charge < -0.3 is 16.0 Å². The third kappa shape index (κ3) is 4.53. The molecule has 0 saturated heterocycles. The number of benzene rings is 3. The van der Waals surface area contributed by atoms with E-state index in [4.69, 9.17) is 0 Å². The van der Waals surface area contributed by atoms with Crippen LogP contribution in [0.25, 0.3) is 0 Å². The molecule has 9 heteroatoms. The zero-order valence-corrected chi connectivity index (χ0v) is 18.3. The molecule has 5 amide bonds. The Morgan fingerprint density at radius 3 is 1.62 bits per heavy atom. The fourth-order valence-corrected chi connectivity index (χ4v) is 3.56. The molecule has 0 bridgehead atoms. The number of hydrogen-bond acceptors (Lipinski definition) is 5.